The number of aryl methyl sites for hydroxylation is 1. The van der Waals surface area contributed by atoms with Crippen LogP contribution in [0.3, 0.4) is 0 Å². The lowest BCUT2D eigenvalue weighted by atomic mass is 10.0. The fourth-order valence-corrected chi connectivity index (χ4v) is 4.83. The maximum absolute atomic E-state index is 13.4. The number of halogens is 1. The lowest BCUT2D eigenvalue weighted by molar-refractivity contribution is 0.500. The van der Waals surface area contributed by atoms with Crippen LogP contribution in [0.2, 0.25) is 5.02 Å². The molecule has 0 bridgehead atoms. The fourth-order valence-electron chi connectivity index (χ4n) is 4.52. The first-order chi connectivity index (χ1) is 14.4. The van der Waals surface area contributed by atoms with Crippen molar-refractivity contribution < 1.29 is 0 Å². The molecule has 3 N–H and O–H groups in total. The van der Waals surface area contributed by atoms with Crippen molar-refractivity contribution in [1.29, 1.82) is 0 Å². The second kappa shape index (κ2) is 6.85. The average Bonchev–Trinajstić information content (AvgIpc) is 3.41. The molecule has 1 aromatic carbocycles. The number of benzene rings is 1. The van der Waals surface area contributed by atoms with Crippen LogP contribution in [-0.4, -0.2) is 43.4 Å². The molecule has 0 radical (unpaired) electrons. The summed E-state index contributed by atoms with van der Waals surface area (Å²) in [5.74, 6) is 1.04. The summed E-state index contributed by atoms with van der Waals surface area (Å²) in [6.45, 7) is 3.64. The molecule has 1 fully saturated rings. The highest BCUT2D eigenvalue weighted by atomic mass is 35.5. The van der Waals surface area contributed by atoms with Crippen molar-refractivity contribution in [3.63, 3.8) is 0 Å². The number of hydrogen-bond donors (Lipinski definition) is 2. The monoisotopic (exact) mass is 425 g/mol. The van der Waals surface area contributed by atoms with Crippen molar-refractivity contribution in [2.75, 3.05) is 18.0 Å². The van der Waals surface area contributed by atoms with Gasteiger partial charge in [0.2, 0.25) is 5.95 Å². The first-order valence-electron chi connectivity index (χ1n) is 10.1. The molecule has 1 aliphatic heterocycles. The molecule has 0 unspecified atom stereocenters. The van der Waals surface area contributed by atoms with Crippen LogP contribution >= 0.6 is 11.6 Å². The van der Waals surface area contributed by atoms with E-state index in [1.165, 1.54) is 0 Å². The Balaban J connectivity index is 1.66. The summed E-state index contributed by atoms with van der Waals surface area (Å²) in [5, 5.41) is 6.35. The van der Waals surface area contributed by atoms with Crippen molar-refractivity contribution in [1.82, 2.24) is 24.3 Å². The predicted octanol–water partition coefficient (Wildman–Crippen LogP) is 2.64. The van der Waals surface area contributed by atoms with Gasteiger partial charge in [0, 0.05) is 62.1 Å². The third-order valence-electron chi connectivity index (χ3n) is 6.22. The van der Waals surface area contributed by atoms with Gasteiger partial charge in [-0.25, -0.2) is 0 Å². The fraction of sp³-hybridized carbons (Fsp3) is 0.381. The van der Waals surface area contributed by atoms with Crippen LogP contribution in [0, 0.1) is 5.92 Å². The van der Waals surface area contributed by atoms with Crippen LogP contribution in [0.4, 0.5) is 5.95 Å². The van der Waals surface area contributed by atoms with E-state index in [9.17, 15) is 4.79 Å². The van der Waals surface area contributed by atoms with Gasteiger partial charge in [0.05, 0.1) is 15.9 Å². The number of rotatable bonds is 3. The van der Waals surface area contributed by atoms with Gasteiger partial charge in [-0.15, -0.1) is 0 Å². The Labute approximate surface area is 178 Å². The van der Waals surface area contributed by atoms with Gasteiger partial charge in [0.25, 0.3) is 5.56 Å². The summed E-state index contributed by atoms with van der Waals surface area (Å²) < 4.78 is 3.34. The van der Waals surface area contributed by atoms with E-state index in [1.807, 2.05) is 25.4 Å². The topological polar surface area (TPSA) is 97.8 Å². The molecule has 30 heavy (non-hydrogen) atoms. The molecule has 5 rings (SSSR count). The van der Waals surface area contributed by atoms with Gasteiger partial charge in [-0.3, -0.25) is 14.0 Å². The van der Waals surface area contributed by atoms with E-state index < -0.39 is 0 Å². The zero-order valence-electron chi connectivity index (χ0n) is 17.2. The Morgan fingerprint density at radius 1 is 1.27 bits per heavy atom. The smallest absolute Gasteiger partial charge is 0.264 e. The highest BCUT2D eigenvalue weighted by Gasteiger charge is 2.31. The van der Waals surface area contributed by atoms with Crippen molar-refractivity contribution in [3.05, 3.63) is 39.9 Å². The zero-order valence-corrected chi connectivity index (χ0v) is 17.9. The molecule has 2 atom stereocenters. The molecule has 8 nitrogen and oxygen atoms in total. The van der Waals surface area contributed by atoms with E-state index in [0.29, 0.717) is 34.5 Å². The van der Waals surface area contributed by atoms with Crippen molar-refractivity contribution in [2.24, 2.45) is 25.7 Å². The number of hydrogen-bond acceptors (Lipinski definition) is 5. The highest BCUT2D eigenvalue weighted by Crippen LogP contribution is 2.36. The standard InChI is InChI=1S/C21H24ClN7O/c1-4-11-8-29(10-15(11)23)21-25-19-17(20(30)28(21)3)13(7-24-19)12-5-6-16-14(18(12)22)9-27(2)26-16/h5-7,9,11,15,24H,4,8,10,23H2,1-3H3/t11-,15+/m0/s1. The van der Waals surface area contributed by atoms with Gasteiger partial charge in [-0.05, 0) is 12.0 Å². The molecular formula is C21H24ClN7O. The zero-order chi connectivity index (χ0) is 21.2. The molecule has 4 aromatic rings. The highest BCUT2D eigenvalue weighted by molar-refractivity contribution is 6.38. The molecule has 0 spiro atoms. The Kier molecular flexibility index (Phi) is 4.37. The molecule has 0 aliphatic carbocycles. The van der Waals surface area contributed by atoms with E-state index in [2.05, 4.69) is 21.9 Å². The van der Waals surface area contributed by atoms with Crippen LogP contribution in [-0.2, 0) is 14.1 Å². The molecule has 4 heterocycles. The molecular weight excluding hydrogens is 402 g/mol. The van der Waals surface area contributed by atoms with Crippen LogP contribution in [0.15, 0.2) is 29.3 Å². The van der Waals surface area contributed by atoms with E-state index in [1.54, 1.807) is 22.5 Å². The van der Waals surface area contributed by atoms with Gasteiger partial charge >= 0.3 is 0 Å². The number of anilines is 1. The maximum atomic E-state index is 13.4. The lowest BCUT2D eigenvalue weighted by Gasteiger charge is -2.20. The lowest BCUT2D eigenvalue weighted by Crippen LogP contribution is -2.32. The summed E-state index contributed by atoms with van der Waals surface area (Å²) in [7, 11) is 3.62. The molecule has 0 saturated carbocycles. The van der Waals surface area contributed by atoms with Crippen molar-refractivity contribution >= 4 is 39.5 Å². The number of nitrogens with two attached hydrogens (primary N) is 1. The molecule has 1 saturated heterocycles. The minimum Gasteiger partial charge on any atom is -0.345 e. The predicted molar refractivity (Wildman–Crippen MR) is 120 cm³/mol. The first-order valence-corrected chi connectivity index (χ1v) is 10.5. The molecule has 3 aromatic heterocycles. The van der Waals surface area contributed by atoms with E-state index >= 15 is 0 Å². The van der Waals surface area contributed by atoms with Gasteiger partial charge in [-0.2, -0.15) is 10.1 Å². The Morgan fingerprint density at radius 3 is 2.80 bits per heavy atom. The van der Waals surface area contributed by atoms with Gasteiger partial charge in [0.15, 0.2) is 0 Å². The number of fused-ring (bicyclic) bond motifs is 2. The molecule has 156 valence electrons. The van der Waals surface area contributed by atoms with Crippen LogP contribution in [0.25, 0.3) is 33.1 Å². The third-order valence-corrected chi connectivity index (χ3v) is 6.62. The number of H-pyrrole nitrogens is 1. The Bertz CT molecular complexity index is 1330. The maximum Gasteiger partial charge on any atom is 0.264 e. The van der Waals surface area contributed by atoms with E-state index in [0.717, 1.165) is 35.0 Å². The normalized spacial score (nSPS) is 19.4. The SMILES string of the molecule is CC[C@H]1CN(c2nc3[nH]cc(-c4ccc5nn(C)cc5c4Cl)c3c(=O)n2C)C[C@H]1N. The van der Waals surface area contributed by atoms with Crippen molar-refractivity contribution in [2.45, 2.75) is 19.4 Å². The summed E-state index contributed by atoms with van der Waals surface area (Å²) in [6, 6.07) is 3.91. The Morgan fingerprint density at radius 2 is 2.07 bits per heavy atom. The minimum atomic E-state index is -0.109. The number of aromatic nitrogens is 5. The van der Waals surface area contributed by atoms with E-state index in [4.69, 9.17) is 22.3 Å². The van der Waals surface area contributed by atoms with Crippen LogP contribution < -0.4 is 16.2 Å². The van der Waals surface area contributed by atoms with Gasteiger partial charge < -0.3 is 15.6 Å². The number of aromatic amines is 1. The van der Waals surface area contributed by atoms with Crippen LogP contribution in [0.5, 0.6) is 0 Å². The van der Waals surface area contributed by atoms with Gasteiger partial charge in [0.1, 0.15) is 5.65 Å². The summed E-state index contributed by atoms with van der Waals surface area (Å²) in [6.07, 6.45) is 4.69. The summed E-state index contributed by atoms with van der Waals surface area (Å²) >= 11 is 6.70. The minimum absolute atomic E-state index is 0.0896. The molecule has 9 heteroatoms. The summed E-state index contributed by atoms with van der Waals surface area (Å²) in [5.41, 5.74) is 9.06. The Hall–Kier alpha value is -2.84. The van der Waals surface area contributed by atoms with E-state index in [-0.39, 0.29) is 11.6 Å². The van der Waals surface area contributed by atoms with Crippen molar-refractivity contribution in [3.8, 4) is 11.1 Å². The molecule has 0 amide bonds. The number of nitrogens with zero attached hydrogens (tertiary/aromatic N) is 5. The number of nitrogens with one attached hydrogen (secondary N) is 1. The quantitative estimate of drug-likeness (QED) is 0.525. The average molecular weight is 426 g/mol. The van der Waals surface area contributed by atoms with Crippen LogP contribution in [0.1, 0.15) is 13.3 Å². The largest absolute Gasteiger partial charge is 0.345 e. The second-order valence-electron chi connectivity index (χ2n) is 8.10. The molecule has 1 aliphatic rings. The second-order valence-corrected chi connectivity index (χ2v) is 8.48. The summed E-state index contributed by atoms with van der Waals surface area (Å²) in [4.78, 5) is 23.4. The van der Waals surface area contributed by atoms with Gasteiger partial charge in [-0.1, -0.05) is 31.0 Å². The first kappa shape index (κ1) is 19.1. The third kappa shape index (κ3) is 2.74.